The number of hydrogen-bond acceptors (Lipinski definition) is 2. The van der Waals surface area contributed by atoms with Crippen molar-refractivity contribution in [1.29, 1.82) is 0 Å². The summed E-state index contributed by atoms with van der Waals surface area (Å²) in [5.74, 6) is 0.0952. The first-order valence-corrected chi connectivity index (χ1v) is 11.4. The van der Waals surface area contributed by atoms with Crippen LogP contribution in [0, 0.1) is 11.7 Å². The lowest BCUT2D eigenvalue weighted by atomic mass is 9.66. The van der Waals surface area contributed by atoms with Gasteiger partial charge in [0.05, 0.1) is 11.6 Å². The lowest BCUT2D eigenvalue weighted by molar-refractivity contribution is -0.150. The third kappa shape index (κ3) is 4.59. The van der Waals surface area contributed by atoms with Crippen molar-refractivity contribution in [2.24, 2.45) is 5.92 Å². The van der Waals surface area contributed by atoms with E-state index >= 15 is 0 Å². The summed E-state index contributed by atoms with van der Waals surface area (Å²) in [5.41, 5.74) is 2.41. The molecule has 2 aromatic rings. The zero-order chi connectivity index (χ0) is 22.0. The largest absolute Gasteiger partial charge is 0.389 e. The van der Waals surface area contributed by atoms with E-state index in [1.54, 1.807) is 18.2 Å². The SMILES string of the molecule is CC(C)c1ccc(C=CC(=O)N2CC[C@@]3(O)CCCC[C@H]3[C@@H]2c2ccc(F)cc2)cc1. The minimum absolute atomic E-state index is 0.0249. The fourth-order valence-electron chi connectivity index (χ4n) is 5.26. The summed E-state index contributed by atoms with van der Waals surface area (Å²) in [5, 5.41) is 11.3. The Balaban J connectivity index is 1.60. The first kappa shape index (κ1) is 21.8. The fraction of sp³-hybridized carbons (Fsp3) is 0.444. The smallest absolute Gasteiger partial charge is 0.247 e. The molecular formula is C27H32FNO2. The minimum atomic E-state index is -0.746. The zero-order valence-corrected chi connectivity index (χ0v) is 18.4. The molecule has 1 aliphatic carbocycles. The maximum absolute atomic E-state index is 13.6. The molecule has 4 heteroatoms. The quantitative estimate of drug-likeness (QED) is 0.629. The molecule has 0 aromatic heterocycles. The van der Waals surface area contributed by atoms with Gasteiger partial charge >= 0.3 is 0 Å². The van der Waals surface area contributed by atoms with Crippen molar-refractivity contribution < 1.29 is 14.3 Å². The normalized spacial score (nSPS) is 26.3. The van der Waals surface area contributed by atoms with E-state index in [0.29, 0.717) is 18.9 Å². The second-order valence-electron chi connectivity index (χ2n) is 9.39. The highest BCUT2D eigenvalue weighted by Crippen LogP contribution is 2.49. The van der Waals surface area contributed by atoms with E-state index in [9.17, 15) is 14.3 Å². The molecule has 3 nitrogen and oxygen atoms in total. The highest BCUT2D eigenvalue weighted by molar-refractivity contribution is 5.92. The molecule has 3 atom stereocenters. The van der Waals surface area contributed by atoms with Crippen molar-refractivity contribution in [2.75, 3.05) is 6.54 Å². The molecule has 1 heterocycles. The molecular weight excluding hydrogens is 389 g/mol. The number of carbonyl (C=O) groups is 1. The molecule has 0 spiro atoms. The van der Waals surface area contributed by atoms with Crippen molar-refractivity contribution in [2.45, 2.75) is 63.5 Å². The number of amides is 1. The van der Waals surface area contributed by atoms with Gasteiger partial charge in [0, 0.05) is 18.5 Å². The van der Waals surface area contributed by atoms with Gasteiger partial charge in [-0.3, -0.25) is 4.79 Å². The van der Waals surface area contributed by atoms with Crippen LogP contribution in [0.4, 0.5) is 4.39 Å². The summed E-state index contributed by atoms with van der Waals surface area (Å²) >= 11 is 0. The molecule has 1 saturated heterocycles. The average Bonchev–Trinajstić information content (AvgIpc) is 2.77. The van der Waals surface area contributed by atoms with E-state index in [1.807, 2.05) is 23.1 Å². The van der Waals surface area contributed by atoms with Gasteiger partial charge < -0.3 is 10.0 Å². The molecule has 0 unspecified atom stereocenters. The summed E-state index contributed by atoms with van der Waals surface area (Å²) in [7, 11) is 0. The Bertz CT molecular complexity index is 935. The van der Waals surface area contributed by atoms with Gasteiger partial charge in [-0.15, -0.1) is 0 Å². The number of carbonyl (C=O) groups excluding carboxylic acids is 1. The predicted octanol–water partition coefficient (Wildman–Crippen LogP) is 5.86. The number of likely N-dealkylation sites (tertiary alicyclic amines) is 1. The molecule has 1 N–H and O–H groups in total. The Hall–Kier alpha value is -2.46. The van der Waals surface area contributed by atoms with E-state index in [-0.39, 0.29) is 23.7 Å². The minimum Gasteiger partial charge on any atom is -0.389 e. The van der Waals surface area contributed by atoms with Crippen LogP contribution in [0.15, 0.2) is 54.6 Å². The Kier molecular flexibility index (Phi) is 6.29. The zero-order valence-electron chi connectivity index (χ0n) is 18.4. The Morgan fingerprint density at radius 3 is 2.48 bits per heavy atom. The van der Waals surface area contributed by atoms with Gasteiger partial charge in [-0.25, -0.2) is 4.39 Å². The number of rotatable bonds is 4. The van der Waals surface area contributed by atoms with Crippen LogP contribution in [0.2, 0.25) is 0 Å². The van der Waals surface area contributed by atoms with Gasteiger partial charge in [-0.2, -0.15) is 0 Å². The third-order valence-corrected chi connectivity index (χ3v) is 7.08. The van der Waals surface area contributed by atoms with E-state index in [2.05, 4.69) is 26.0 Å². The monoisotopic (exact) mass is 421 g/mol. The predicted molar refractivity (Wildman–Crippen MR) is 122 cm³/mol. The Morgan fingerprint density at radius 1 is 1.10 bits per heavy atom. The maximum atomic E-state index is 13.6. The summed E-state index contributed by atoms with van der Waals surface area (Å²) in [6.45, 7) is 4.82. The molecule has 1 aliphatic heterocycles. The Labute approximate surface area is 184 Å². The van der Waals surface area contributed by atoms with E-state index < -0.39 is 5.60 Å². The van der Waals surface area contributed by atoms with Crippen LogP contribution in [0.3, 0.4) is 0 Å². The first-order chi connectivity index (χ1) is 14.9. The number of aliphatic hydroxyl groups is 1. The molecule has 0 bridgehead atoms. The molecule has 2 aliphatic rings. The number of nitrogens with zero attached hydrogens (tertiary/aromatic N) is 1. The standard InChI is InChI=1S/C27H32FNO2/c1-19(2)21-9-6-20(7-10-21)8-15-25(30)29-18-17-27(31)16-4-3-5-24(27)26(29)22-11-13-23(28)14-12-22/h6-15,19,24,26,31H,3-5,16-18H2,1-2H3/t24-,26-,27-/m0/s1. The van der Waals surface area contributed by atoms with Crippen molar-refractivity contribution >= 4 is 12.0 Å². The van der Waals surface area contributed by atoms with E-state index in [0.717, 1.165) is 36.8 Å². The number of fused-ring (bicyclic) bond motifs is 1. The number of halogens is 1. The second kappa shape index (κ2) is 8.96. The van der Waals surface area contributed by atoms with Gasteiger partial charge in [0.15, 0.2) is 0 Å². The molecule has 4 rings (SSSR count). The van der Waals surface area contributed by atoms with Crippen molar-refractivity contribution in [3.8, 4) is 0 Å². The van der Waals surface area contributed by atoms with Crippen LogP contribution < -0.4 is 0 Å². The van der Waals surface area contributed by atoms with E-state index in [4.69, 9.17) is 0 Å². The van der Waals surface area contributed by atoms with Gasteiger partial charge in [0.1, 0.15) is 5.82 Å². The van der Waals surface area contributed by atoms with Gasteiger partial charge in [-0.05, 0) is 60.1 Å². The van der Waals surface area contributed by atoms with Gasteiger partial charge in [0.25, 0.3) is 0 Å². The van der Waals surface area contributed by atoms with Crippen LogP contribution in [0.1, 0.15) is 74.6 Å². The molecule has 2 aromatic carbocycles. The van der Waals surface area contributed by atoms with Crippen molar-refractivity contribution in [3.63, 3.8) is 0 Å². The van der Waals surface area contributed by atoms with Crippen LogP contribution >= 0.6 is 0 Å². The molecule has 2 fully saturated rings. The van der Waals surface area contributed by atoms with Crippen LogP contribution in [0.5, 0.6) is 0 Å². The van der Waals surface area contributed by atoms with Crippen LogP contribution in [-0.4, -0.2) is 28.1 Å². The second-order valence-corrected chi connectivity index (χ2v) is 9.39. The fourth-order valence-corrected chi connectivity index (χ4v) is 5.26. The lowest BCUT2D eigenvalue weighted by Gasteiger charge is -2.52. The Morgan fingerprint density at radius 2 is 1.81 bits per heavy atom. The van der Waals surface area contributed by atoms with Gasteiger partial charge in [0.2, 0.25) is 5.91 Å². The number of piperidine rings is 1. The van der Waals surface area contributed by atoms with E-state index in [1.165, 1.54) is 17.7 Å². The topological polar surface area (TPSA) is 40.5 Å². The van der Waals surface area contributed by atoms with Crippen LogP contribution in [-0.2, 0) is 4.79 Å². The lowest BCUT2D eigenvalue weighted by Crippen LogP contribution is -2.56. The summed E-state index contributed by atoms with van der Waals surface area (Å²) in [6, 6.07) is 14.4. The van der Waals surface area contributed by atoms with Crippen molar-refractivity contribution in [1.82, 2.24) is 4.90 Å². The van der Waals surface area contributed by atoms with Crippen molar-refractivity contribution in [3.05, 3.63) is 77.1 Å². The van der Waals surface area contributed by atoms with Gasteiger partial charge in [-0.1, -0.05) is 63.1 Å². The average molecular weight is 422 g/mol. The molecule has 164 valence electrons. The third-order valence-electron chi connectivity index (χ3n) is 7.08. The summed E-state index contributed by atoms with van der Waals surface area (Å²) < 4.78 is 13.6. The molecule has 31 heavy (non-hydrogen) atoms. The molecule has 0 radical (unpaired) electrons. The number of benzene rings is 2. The highest BCUT2D eigenvalue weighted by Gasteiger charge is 2.49. The number of hydrogen-bond donors (Lipinski definition) is 1. The highest BCUT2D eigenvalue weighted by atomic mass is 19.1. The molecule has 1 saturated carbocycles. The maximum Gasteiger partial charge on any atom is 0.247 e. The first-order valence-electron chi connectivity index (χ1n) is 11.4. The molecule has 1 amide bonds. The summed E-state index contributed by atoms with van der Waals surface area (Å²) in [6.07, 6.45) is 7.80. The summed E-state index contributed by atoms with van der Waals surface area (Å²) in [4.78, 5) is 15.1. The van der Waals surface area contributed by atoms with Crippen LogP contribution in [0.25, 0.3) is 6.08 Å².